The summed E-state index contributed by atoms with van der Waals surface area (Å²) in [6, 6.07) is 4.04. The number of nitrogens with one attached hydrogen (secondary N) is 1. The van der Waals surface area contributed by atoms with Gasteiger partial charge >= 0.3 is 5.97 Å². The second-order valence-electron chi connectivity index (χ2n) is 5.30. The molecule has 0 saturated carbocycles. The topological polar surface area (TPSA) is 111 Å². The first kappa shape index (κ1) is 15.1. The second kappa shape index (κ2) is 5.61. The van der Waals surface area contributed by atoms with Crippen LogP contribution in [0.5, 0.6) is 11.5 Å². The maximum absolute atomic E-state index is 11.7. The van der Waals surface area contributed by atoms with Crippen molar-refractivity contribution in [2.75, 3.05) is 5.32 Å². The van der Waals surface area contributed by atoms with E-state index in [1.807, 2.05) is 0 Å². The lowest BCUT2D eigenvalue weighted by atomic mass is 10.1. The monoisotopic (exact) mass is 294 g/mol. The molecule has 1 aromatic carbocycles. The molecule has 0 spiro atoms. The van der Waals surface area contributed by atoms with Crippen LogP contribution >= 0.6 is 0 Å². The van der Waals surface area contributed by atoms with Crippen molar-refractivity contribution in [3.05, 3.63) is 18.2 Å². The van der Waals surface area contributed by atoms with Crippen LogP contribution < -0.4 is 20.5 Å². The molecule has 0 aliphatic carbocycles. The lowest BCUT2D eigenvalue weighted by molar-refractivity contribution is -0.138. The zero-order valence-corrected chi connectivity index (χ0v) is 11.9. The van der Waals surface area contributed by atoms with E-state index in [1.54, 1.807) is 32.0 Å². The molecule has 0 radical (unpaired) electrons. The van der Waals surface area contributed by atoms with Crippen molar-refractivity contribution in [1.82, 2.24) is 0 Å². The van der Waals surface area contributed by atoms with Gasteiger partial charge in [-0.2, -0.15) is 0 Å². The molecule has 0 fully saturated rings. The van der Waals surface area contributed by atoms with Gasteiger partial charge in [0.2, 0.25) is 11.7 Å². The van der Waals surface area contributed by atoms with E-state index in [0.29, 0.717) is 17.2 Å². The van der Waals surface area contributed by atoms with Gasteiger partial charge < -0.3 is 25.6 Å². The average Bonchev–Trinajstić information content (AvgIpc) is 2.68. The Morgan fingerprint density at radius 2 is 2.00 bits per heavy atom. The molecule has 4 N–H and O–H groups in total. The van der Waals surface area contributed by atoms with Gasteiger partial charge in [0, 0.05) is 32.0 Å². The molecule has 0 unspecified atom stereocenters. The average molecular weight is 294 g/mol. The number of anilines is 1. The fourth-order valence-corrected chi connectivity index (χ4v) is 1.93. The number of hydrogen-bond acceptors (Lipinski definition) is 5. The maximum atomic E-state index is 11.7. The van der Waals surface area contributed by atoms with Crippen LogP contribution in [0.3, 0.4) is 0 Å². The van der Waals surface area contributed by atoms with Gasteiger partial charge in [-0.1, -0.05) is 0 Å². The predicted octanol–water partition coefficient (Wildman–Crippen LogP) is 1.32. The van der Waals surface area contributed by atoms with Crippen molar-refractivity contribution in [1.29, 1.82) is 0 Å². The third kappa shape index (κ3) is 3.85. The largest absolute Gasteiger partial charge is 0.480 e. The van der Waals surface area contributed by atoms with E-state index in [9.17, 15) is 9.59 Å². The molecule has 0 aromatic heterocycles. The number of nitrogens with two attached hydrogens (primary N) is 1. The minimum atomic E-state index is -1.12. The third-order valence-corrected chi connectivity index (χ3v) is 2.94. The summed E-state index contributed by atoms with van der Waals surface area (Å²) in [5.41, 5.74) is 5.90. The zero-order valence-electron chi connectivity index (χ0n) is 11.9. The normalized spacial score (nSPS) is 16.3. The number of amides is 1. The molecule has 1 atom stereocenters. The fraction of sp³-hybridized carbons (Fsp3) is 0.429. The minimum Gasteiger partial charge on any atom is -0.480 e. The highest BCUT2D eigenvalue weighted by molar-refractivity contribution is 5.91. The van der Waals surface area contributed by atoms with Gasteiger partial charge in [-0.25, -0.2) is 0 Å². The van der Waals surface area contributed by atoms with Gasteiger partial charge in [-0.15, -0.1) is 0 Å². The number of rotatable bonds is 5. The summed E-state index contributed by atoms with van der Waals surface area (Å²) < 4.78 is 11.1. The first-order valence-electron chi connectivity index (χ1n) is 6.57. The number of carboxylic acids is 1. The molecule has 114 valence electrons. The van der Waals surface area contributed by atoms with Gasteiger partial charge in [0.25, 0.3) is 0 Å². The van der Waals surface area contributed by atoms with E-state index in [-0.39, 0.29) is 18.7 Å². The zero-order chi connectivity index (χ0) is 15.6. The number of carboxylic acid groups (broad SMARTS) is 1. The van der Waals surface area contributed by atoms with E-state index < -0.39 is 17.8 Å². The minimum absolute atomic E-state index is 0.0351. The Hall–Kier alpha value is -2.28. The molecule has 7 heteroatoms. The van der Waals surface area contributed by atoms with Crippen LogP contribution in [0.2, 0.25) is 0 Å². The number of fused-ring (bicyclic) bond motifs is 1. The summed E-state index contributed by atoms with van der Waals surface area (Å²) in [4.78, 5) is 22.3. The Kier molecular flexibility index (Phi) is 4.04. The smallest absolute Gasteiger partial charge is 0.320 e. The van der Waals surface area contributed by atoms with Gasteiger partial charge in [-0.05, 0) is 18.6 Å². The number of hydrogen-bond donors (Lipinski definition) is 3. The summed E-state index contributed by atoms with van der Waals surface area (Å²) in [6.07, 6.45) is 0.117. The fourth-order valence-electron chi connectivity index (χ4n) is 1.93. The van der Waals surface area contributed by atoms with Crippen LogP contribution in [0.15, 0.2) is 18.2 Å². The molecular formula is C14H18N2O5. The van der Waals surface area contributed by atoms with Crippen LogP contribution in [0.1, 0.15) is 26.7 Å². The van der Waals surface area contributed by atoms with E-state index in [1.165, 1.54) is 0 Å². The molecule has 2 rings (SSSR count). The highest BCUT2D eigenvalue weighted by Gasteiger charge is 2.31. The van der Waals surface area contributed by atoms with E-state index in [2.05, 4.69) is 5.32 Å². The second-order valence-corrected chi connectivity index (χ2v) is 5.30. The van der Waals surface area contributed by atoms with Crippen molar-refractivity contribution in [3.63, 3.8) is 0 Å². The van der Waals surface area contributed by atoms with E-state index in [0.717, 1.165) is 0 Å². The van der Waals surface area contributed by atoms with Crippen molar-refractivity contribution >= 4 is 17.6 Å². The molecule has 21 heavy (non-hydrogen) atoms. The van der Waals surface area contributed by atoms with Gasteiger partial charge in [0.1, 0.15) is 6.04 Å². The number of benzene rings is 1. The SMILES string of the molecule is CC1(C)Oc2ccc(NC(=O)CC[C@H](N)C(=O)O)cc2O1. The van der Waals surface area contributed by atoms with Crippen LogP contribution in [0.25, 0.3) is 0 Å². The Balaban J connectivity index is 1.93. The van der Waals surface area contributed by atoms with E-state index in [4.69, 9.17) is 20.3 Å². The lowest BCUT2D eigenvalue weighted by Gasteiger charge is -2.16. The molecular weight excluding hydrogens is 276 g/mol. The number of ether oxygens (including phenoxy) is 2. The van der Waals surface area contributed by atoms with Crippen molar-refractivity contribution in [2.45, 2.75) is 38.5 Å². The number of carbonyl (C=O) groups excluding carboxylic acids is 1. The third-order valence-electron chi connectivity index (χ3n) is 2.94. The number of carbonyl (C=O) groups is 2. The molecule has 1 aliphatic rings. The standard InChI is InChI=1S/C14H18N2O5/c1-14(2)20-10-5-3-8(7-11(10)21-14)16-12(17)6-4-9(15)13(18)19/h3,5,7,9H,4,6,15H2,1-2H3,(H,16,17)(H,18,19)/t9-/m0/s1. The first-order chi connectivity index (χ1) is 9.77. The molecule has 0 bridgehead atoms. The quantitative estimate of drug-likeness (QED) is 0.755. The summed E-state index contributed by atoms with van der Waals surface area (Å²) >= 11 is 0. The highest BCUT2D eigenvalue weighted by Crippen LogP contribution is 2.40. The van der Waals surface area contributed by atoms with E-state index >= 15 is 0 Å². The molecule has 7 nitrogen and oxygen atoms in total. The maximum Gasteiger partial charge on any atom is 0.320 e. The van der Waals surface area contributed by atoms with Crippen LogP contribution in [0.4, 0.5) is 5.69 Å². The predicted molar refractivity (Wildman–Crippen MR) is 75.3 cm³/mol. The van der Waals surface area contributed by atoms with Crippen molar-refractivity contribution < 1.29 is 24.2 Å². The Morgan fingerprint density at radius 1 is 1.33 bits per heavy atom. The van der Waals surface area contributed by atoms with Crippen LogP contribution in [-0.2, 0) is 9.59 Å². The Bertz CT molecular complexity index is 570. The lowest BCUT2D eigenvalue weighted by Crippen LogP contribution is -2.31. The van der Waals surface area contributed by atoms with Crippen LogP contribution in [-0.4, -0.2) is 28.8 Å². The first-order valence-corrected chi connectivity index (χ1v) is 6.57. The molecule has 1 aliphatic heterocycles. The summed E-state index contributed by atoms with van der Waals surface area (Å²) in [6.45, 7) is 3.58. The Morgan fingerprint density at radius 3 is 2.67 bits per heavy atom. The van der Waals surface area contributed by atoms with Gasteiger partial charge in [-0.3, -0.25) is 9.59 Å². The molecule has 1 heterocycles. The molecule has 0 saturated heterocycles. The highest BCUT2D eigenvalue weighted by atomic mass is 16.7. The number of aliphatic carboxylic acids is 1. The summed E-state index contributed by atoms with van der Waals surface area (Å²) in [5.74, 6) is -0.969. The summed E-state index contributed by atoms with van der Waals surface area (Å²) in [7, 11) is 0. The summed E-state index contributed by atoms with van der Waals surface area (Å²) in [5, 5.41) is 11.3. The molecule has 1 aromatic rings. The Labute approximate surface area is 122 Å². The van der Waals surface area contributed by atoms with Gasteiger partial charge in [0.15, 0.2) is 11.5 Å². The van der Waals surface area contributed by atoms with Crippen LogP contribution in [0, 0.1) is 0 Å². The van der Waals surface area contributed by atoms with Gasteiger partial charge in [0.05, 0.1) is 0 Å². The van der Waals surface area contributed by atoms with Crippen molar-refractivity contribution in [2.24, 2.45) is 5.73 Å². The molecule has 1 amide bonds. The van der Waals surface area contributed by atoms with Crippen molar-refractivity contribution in [3.8, 4) is 11.5 Å².